The van der Waals surface area contributed by atoms with Crippen LogP contribution in [0.3, 0.4) is 0 Å². The van der Waals surface area contributed by atoms with Gasteiger partial charge in [-0.15, -0.1) is 0 Å². The molecule has 0 atom stereocenters. The summed E-state index contributed by atoms with van der Waals surface area (Å²) in [4.78, 5) is 0. The molecule has 0 radical (unpaired) electrons. The van der Waals surface area contributed by atoms with Crippen molar-refractivity contribution in [3.05, 3.63) is 58.9 Å². The standard InChI is InChI=1S/C16H11ClFN/c17-13-5-6-14(15(18)9-13)11-1-3-12(4-2-11)16(10-19)7-8-16/h1-6,9H,7-8H2. The van der Waals surface area contributed by atoms with E-state index in [4.69, 9.17) is 16.9 Å². The molecule has 0 aliphatic heterocycles. The zero-order valence-corrected chi connectivity index (χ0v) is 10.9. The number of nitrogens with zero attached hydrogens (tertiary/aromatic N) is 1. The number of nitriles is 1. The van der Waals surface area contributed by atoms with Crippen molar-refractivity contribution in [3.63, 3.8) is 0 Å². The summed E-state index contributed by atoms with van der Waals surface area (Å²) < 4.78 is 13.8. The molecular formula is C16H11ClFN. The topological polar surface area (TPSA) is 23.8 Å². The molecular weight excluding hydrogens is 261 g/mol. The minimum Gasteiger partial charge on any atom is -0.206 e. The summed E-state index contributed by atoms with van der Waals surface area (Å²) in [6.45, 7) is 0. The zero-order chi connectivity index (χ0) is 13.5. The SMILES string of the molecule is N#CC1(c2ccc(-c3ccc(Cl)cc3F)cc2)CC1. The second kappa shape index (κ2) is 4.36. The normalized spacial score (nSPS) is 15.8. The fraction of sp³-hybridized carbons (Fsp3) is 0.188. The van der Waals surface area contributed by atoms with Crippen LogP contribution in [0.1, 0.15) is 18.4 Å². The van der Waals surface area contributed by atoms with Gasteiger partial charge in [-0.2, -0.15) is 5.26 Å². The van der Waals surface area contributed by atoms with Gasteiger partial charge in [0.15, 0.2) is 0 Å². The van der Waals surface area contributed by atoms with E-state index in [0.717, 1.165) is 24.0 Å². The number of halogens is 2. The highest BCUT2D eigenvalue weighted by atomic mass is 35.5. The van der Waals surface area contributed by atoms with Crippen LogP contribution in [0.15, 0.2) is 42.5 Å². The quantitative estimate of drug-likeness (QED) is 0.776. The molecule has 1 aliphatic carbocycles. The lowest BCUT2D eigenvalue weighted by atomic mass is 9.95. The van der Waals surface area contributed by atoms with Crippen molar-refractivity contribution in [3.8, 4) is 17.2 Å². The van der Waals surface area contributed by atoms with E-state index in [-0.39, 0.29) is 11.2 Å². The Morgan fingerprint density at radius 1 is 1.11 bits per heavy atom. The molecule has 2 aromatic rings. The van der Waals surface area contributed by atoms with Crippen molar-refractivity contribution in [2.45, 2.75) is 18.3 Å². The zero-order valence-electron chi connectivity index (χ0n) is 10.2. The van der Waals surface area contributed by atoms with Crippen LogP contribution in [-0.4, -0.2) is 0 Å². The molecule has 1 fully saturated rings. The van der Waals surface area contributed by atoms with Crippen LogP contribution in [0.5, 0.6) is 0 Å². The first-order valence-corrected chi connectivity index (χ1v) is 6.50. The van der Waals surface area contributed by atoms with Gasteiger partial charge >= 0.3 is 0 Å². The Balaban J connectivity index is 1.97. The second-order valence-corrected chi connectivity index (χ2v) is 5.33. The fourth-order valence-electron chi connectivity index (χ4n) is 2.28. The molecule has 2 aromatic carbocycles. The third-order valence-corrected chi connectivity index (χ3v) is 3.88. The minimum atomic E-state index is -0.332. The highest BCUT2D eigenvalue weighted by Crippen LogP contribution is 2.47. The summed E-state index contributed by atoms with van der Waals surface area (Å²) >= 11 is 5.74. The van der Waals surface area contributed by atoms with Crippen LogP contribution in [0.25, 0.3) is 11.1 Å². The van der Waals surface area contributed by atoms with Crippen molar-refractivity contribution < 1.29 is 4.39 Å². The molecule has 19 heavy (non-hydrogen) atoms. The van der Waals surface area contributed by atoms with E-state index >= 15 is 0 Å². The van der Waals surface area contributed by atoms with Crippen molar-refractivity contribution >= 4 is 11.6 Å². The Bertz CT molecular complexity index is 666. The first-order chi connectivity index (χ1) is 9.14. The first-order valence-electron chi connectivity index (χ1n) is 6.12. The predicted octanol–water partition coefficient (Wildman–Crippen LogP) is 4.70. The molecule has 3 rings (SSSR count). The Labute approximate surface area is 116 Å². The second-order valence-electron chi connectivity index (χ2n) is 4.90. The summed E-state index contributed by atoms with van der Waals surface area (Å²) in [5, 5.41) is 9.53. The maximum Gasteiger partial charge on any atom is 0.132 e. The van der Waals surface area contributed by atoms with Crippen LogP contribution in [0.4, 0.5) is 4.39 Å². The smallest absolute Gasteiger partial charge is 0.132 e. The maximum atomic E-state index is 13.8. The lowest BCUT2D eigenvalue weighted by Crippen LogP contribution is -2.01. The summed E-state index contributed by atoms with van der Waals surface area (Å²) in [5.41, 5.74) is 2.05. The Kier molecular flexibility index (Phi) is 2.80. The average molecular weight is 272 g/mol. The monoisotopic (exact) mass is 271 g/mol. The summed E-state index contributed by atoms with van der Waals surface area (Å²) in [7, 11) is 0. The molecule has 0 bridgehead atoms. The van der Waals surface area contributed by atoms with Crippen LogP contribution >= 0.6 is 11.6 Å². The highest BCUT2D eigenvalue weighted by Gasteiger charge is 2.44. The van der Waals surface area contributed by atoms with E-state index in [0.29, 0.717) is 10.6 Å². The molecule has 0 heterocycles. The summed E-state index contributed by atoms with van der Waals surface area (Å²) in [6.07, 6.45) is 1.83. The van der Waals surface area contributed by atoms with Gasteiger partial charge in [0, 0.05) is 10.6 Å². The average Bonchev–Trinajstić information content (AvgIpc) is 3.20. The minimum absolute atomic E-state index is 0.295. The Hall–Kier alpha value is -1.85. The van der Waals surface area contributed by atoms with Crippen LogP contribution in [0.2, 0.25) is 5.02 Å². The van der Waals surface area contributed by atoms with Gasteiger partial charge in [0.05, 0.1) is 11.5 Å². The van der Waals surface area contributed by atoms with Crippen LogP contribution in [0, 0.1) is 17.1 Å². The van der Waals surface area contributed by atoms with Crippen molar-refractivity contribution in [1.82, 2.24) is 0 Å². The lowest BCUT2D eigenvalue weighted by Gasteiger charge is -2.08. The lowest BCUT2D eigenvalue weighted by molar-refractivity contribution is 0.631. The molecule has 1 nitrogen and oxygen atoms in total. The predicted molar refractivity (Wildman–Crippen MR) is 73.4 cm³/mol. The molecule has 0 N–H and O–H groups in total. The highest BCUT2D eigenvalue weighted by molar-refractivity contribution is 6.30. The van der Waals surface area contributed by atoms with Crippen molar-refractivity contribution in [2.75, 3.05) is 0 Å². The number of hydrogen-bond acceptors (Lipinski definition) is 1. The summed E-state index contributed by atoms with van der Waals surface area (Å²) in [6, 6.07) is 14.6. The van der Waals surface area contributed by atoms with Crippen LogP contribution < -0.4 is 0 Å². The third kappa shape index (κ3) is 2.11. The number of hydrogen-bond donors (Lipinski definition) is 0. The molecule has 0 unspecified atom stereocenters. The van der Waals surface area contributed by atoms with E-state index < -0.39 is 0 Å². The molecule has 94 valence electrons. The van der Waals surface area contributed by atoms with Gasteiger partial charge in [-0.25, -0.2) is 4.39 Å². The van der Waals surface area contributed by atoms with E-state index in [1.807, 2.05) is 24.3 Å². The molecule has 0 amide bonds. The van der Waals surface area contributed by atoms with Gasteiger partial charge in [-0.3, -0.25) is 0 Å². The van der Waals surface area contributed by atoms with E-state index in [2.05, 4.69) is 6.07 Å². The molecule has 1 saturated carbocycles. The molecule has 0 saturated heterocycles. The van der Waals surface area contributed by atoms with Gasteiger partial charge in [0.2, 0.25) is 0 Å². The Morgan fingerprint density at radius 2 is 1.79 bits per heavy atom. The molecule has 3 heteroatoms. The molecule has 0 aromatic heterocycles. The van der Waals surface area contributed by atoms with Crippen molar-refractivity contribution in [2.24, 2.45) is 0 Å². The van der Waals surface area contributed by atoms with Crippen molar-refractivity contribution in [1.29, 1.82) is 5.26 Å². The molecule has 0 spiro atoms. The number of rotatable bonds is 2. The van der Waals surface area contributed by atoms with E-state index in [1.54, 1.807) is 12.1 Å². The van der Waals surface area contributed by atoms with E-state index in [1.165, 1.54) is 6.07 Å². The summed E-state index contributed by atoms with van der Waals surface area (Å²) in [5.74, 6) is -0.332. The fourth-order valence-corrected chi connectivity index (χ4v) is 2.44. The van der Waals surface area contributed by atoms with E-state index in [9.17, 15) is 4.39 Å². The van der Waals surface area contributed by atoms with Gasteiger partial charge in [-0.1, -0.05) is 35.9 Å². The maximum absolute atomic E-state index is 13.8. The Morgan fingerprint density at radius 3 is 2.32 bits per heavy atom. The van der Waals surface area contributed by atoms with Gasteiger partial charge < -0.3 is 0 Å². The first kappa shape index (κ1) is 12.2. The van der Waals surface area contributed by atoms with Gasteiger partial charge in [0.1, 0.15) is 5.82 Å². The van der Waals surface area contributed by atoms with Crippen LogP contribution in [-0.2, 0) is 5.41 Å². The number of benzene rings is 2. The third-order valence-electron chi connectivity index (χ3n) is 3.64. The largest absolute Gasteiger partial charge is 0.206 e. The van der Waals surface area contributed by atoms with Gasteiger partial charge in [0.25, 0.3) is 0 Å². The molecule has 1 aliphatic rings. The van der Waals surface area contributed by atoms with Gasteiger partial charge in [-0.05, 0) is 42.2 Å².